The highest BCUT2D eigenvalue weighted by molar-refractivity contribution is 14.0. The summed E-state index contributed by atoms with van der Waals surface area (Å²) in [4.78, 5) is 4.29. The third kappa shape index (κ3) is 4.16. The van der Waals surface area contributed by atoms with Crippen LogP contribution < -0.4 is 10.6 Å². The zero-order chi connectivity index (χ0) is 11.4. The highest BCUT2D eigenvalue weighted by Gasteiger charge is 2.20. The van der Waals surface area contributed by atoms with Gasteiger partial charge >= 0.3 is 0 Å². The number of rotatable bonds is 3. The second-order valence-corrected chi connectivity index (χ2v) is 4.02. The number of hydrogen-bond donors (Lipinski definition) is 3. The summed E-state index contributed by atoms with van der Waals surface area (Å²) in [5.74, 6) is 0.773. The first-order valence-electron chi connectivity index (χ1n) is 5.52. The molecule has 94 valence electrons. The van der Waals surface area contributed by atoms with Crippen molar-refractivity contribution in [1.82, 2.24) is 10.6 Å². The quantitative estimate of drug-likeness (QED) is 0.718. The molecule has 17 heavy (non-hydrogen) atoms. The average Bonchev–Trinajstić information content (AvgIpc) is 2.76. The van der Waals surface area contributed by atoms with Crippen LogP contribution >= 0.6 is 24.0 Å². The third-order valence-electron chi connectivity index (χ3n) is 2.65. The smallest absolute Gasteiger partial charge is 0.191 e. The lowest BCUT2D eigenvalue weighted by molar-refractivity contribution is 0.161. The monoisotopic (exact) mass is 347 g/mol. The summed E-state index contributed by atoms with van der Waals surface area (Å²) >= 11 is 0. The Kier molecular flexibility index (Phi) is 5.70. The maximum absolute atomic E-state index is 9.39. The van der Waals surface area contributed by atoms with E-state index in [1.807, 2.05) is 18.2 Å². The Morgan fingerprint density at radius 1 is 1.47 bits per heavy atom. The molecule has 3 N–H and O–H groups in total. The van der Waals surface area contributed by atoms with Crippen molar-refractivity contribution in [1.29, 1.82) is 0 Å². The lowest BCUT2D eigenvalue weighted by Gasteiger charge is -2.14. The molecular formula is C12H18IN3O. The van der Waals surface area contributed by atoms with Gasteiger partial charge in [0.2, 0.25) is 0 Å². The van der Waals surface area contributed by atoms with Gasteiger partial charge in [-0.05, 0) is 12.5 Å². The van der Waals surface area contributed by atoms with E-state index in [-0.39, 0.29) is 36.1 Å². The number of aliphatic hydroxyl groups is 1. The molecule has 0 saturated heterocycles. The van der Waals surface area contributed by atoms with E-state index < -0.39 is 0 Å². The second-order valence-electron chi connectivity index (χ2n) is 4.02. The van der Waals surface area contributed by atoms with Gasteiger partial charge in [-0.2, -0.15) is 0 Å². The van der Waals surface area contributed by atoms with E-state index in [2.05, 4.69) is 27.8 Å². The molecule has 0 radical (unpaired) electrons. The number of benzene rings is 1. The van der Waals surface area contributed by atoms with Gasteiger partial charge in [0.05, 0.1) is 18.7 Å². The Hall–Kier alpha value is -0.820. The minimum absolute atomic E-state index is 0. The fraction of sp³-hybridized carbons (Fsp3) is 0.417. The highest BCUT2D eigenvalue weighted by Crippen LogP contribution is 2.01. The van der Waals surface area contributed by atoms with Gasteiger partial charge in [-0.15, -0.1) is 24.0 Å². The second kappa shape index (κ2) is 6.80. The number of aliphatic imine (C=N–C) groups is 1. The van der Waals surface area contributed by atoms with Crippen LogP contribution in [0.2, 0.25) is 0 Å². The summed E-state index contributed by atoms with van der Waals surface area (Å²) in [5.41, 5.74) is 1.22. The van der Waals surface area contributed by atoms with Crippen molar-refractivity contribution in [2.24, 2.45) is 4.99 Å². The highest BCUT2D eigenvalue weighted by atomic mass is 127. The normalized spacial score (nSPS) is 19.9. The Morgan fingerprint density at radius 3 is 2.76 bits per heavy atom. The Labute approximate surface area is 119 Å². The molecule has 0 amide bonds. The molecular weight excluding hydrogens is 329 g/mol. The SMILES string of the molecule is CC(O)C1CN=C(NCc2ccccc2)N1.I. The first-order chi connectivity index (χ1) is 7.75. The van der Waals surface area contributed by atoms with Crippen molar-refractivity contribution in [2.75, 3.05) is 6.54 Å². The molecule has 1 aliphatic rings. The van der Waals surface area contributed by atoms with E-state index in [1.165, 1.54) is 5.56 Å². The Morgan fingerprint density at radius 2 is 2.18 bits per heavy atom. The average molecular weight is 347 g/mol. The van der Waals surface area contributed by atoms with Crippen molar-refractivity contribution in [2.45, 2.75) is 25.6 Å². The van der Waals surface area contributed by atoms with Crippen LogP contribution in [0.3, 0.4) is 0 Å². The molecule has 0 aromatic heterocycles. The van der Waals surface area contributed by atoms with Crippen LogP contribution in [0.25, 0.3) is 0 Å². The molecule has 5 heteroatoms. The maximum Gasteiger partial charge on any atom is 0.191 e. The third-order valence-corrected chi connectivity index (χ3v) is 2.65. The molecule has 4 nitrogen and oxygen atoms in total. The first kappa shape index (κ1) is 14.2. The molecule has 1 aromatic rings. The zero-order valence-electron chi connectivity index (χ0n) is 9.76. The standard InChI is InChI=1S/C12H17N3O.HI/c1-9(16)11-8-14-12(15-11)13-7-10-5-3-2-4-6-10;/h2-6,9,11,16H,7-8H2,1H3,(H2,13,14,15);1H. The van der Waals surface area contributed by atoms with Crippen LogP contribution in [0.4, 0.5) is 0 Å². The molecule has 2 atom stereocenters. The Bertz CT molecular complexity index is 367. The molecule has 0 spiro atoms. The van der Waals surface area contributed by atoms with Gasteiger partial charge < -0.3 is 15.7 Å². The fourth-order valence-corrected chi connectivity index (χ4v) is 1.62. The van der Waals surface area contributed by atoms with E-state index in [0.29, 0.717) is 6.54 Å². The molecule has 1 aromatic carbocycles. The molecule has 0 saturated carbocycles. The van der Waals surface area contributed by atoms with Gasteiger partial charge in [0.15, 0.2) is 5.96 Å². The maximum atomic E-state index is 9.39. The van der Waals surface area contributed by atoms with E-state index in [9.17, 15) is 5.11 Å². The first-order valence-corrected chi connectivity index (χ1v) is 5.52. The van der Waals surface area contributed by atoms with Gasteiger partial charge in [-0.1, -0.05) is 30.3 Å². The minimum atomic E-state index is -0.375. The lowest BCUT2D eigenvalue weighted by Crippen LogP contribution is -2.43. The van der Waals surface area contributed by atoms with Crippen molar-refractivity contribution >= 4 is 29.9 Å². The largest absolute Gasteiger partial charge is 0.391 e. The van der Waals surface area contributed by atoms with Crippen molar-refractivity contribution in [3.8, 4) is 0 Å². The van der Waals surface area contributed by atoms with Gasteiger partial charge in [-0.3, -0.25) is 4.99 Å². The van der Waals surface area contributed by atoms with Crippen LogP contribution in [0.15, 0.2) is 35.3 Å². The fourth-order valence-electron chi connectivity index (χ4n) is 1.62. The summed E-state index contributed by atoms with van der Waals surface area (Å²) in [5, 5.41) is 15.8. The summed E-state index contributed by atoms with van der Waals surface area (Å²) in [6, 6.07) is 10.2. The summed E-state index contributed by atoms with van der Waals surface area (Å²) in [6.45, 7) is 3.15. The predicted octanol–water partition coefficient (Wildman–Crippen LogP) is 1.10. The molecule has 2 rings (SSSR count). The van der Waals surface area contributed by atoms with Gasteiger partial charge in [-0.25, -0.2) is 0 Å². The molecule has 0 aliphatic carbocycles. The molecule has 1 heterocycles. The van der Waals surface area contributed by atoms with Crippen LogP contribution in [0, 0.1) is 0 Å². The number of hydrogen-bond acceptors (Lipinski definition) is 4. The number of nitrogens with one attached hydrogen (secondary N) is 2. The van der Waals surface area contributed by atoms with E-state index in [1.54, 1.807) is 6.92 Å². The van der Waals surface area contributed by atoms with Gasteiger partial charge in [0, 0.05) is 6.54 Å². The number of aliphatic hydroxyl groups excluding tert-OH is 1. The predicted molar refractivity (Wildman–Crippen MR) is 79.6 cm³/mol. The molecule has 1 aliphatic heterocycles. The molecule has 2 unspecified atom stereocenters. The summed E-state index contributed by atoms with van der Waals surface area (Å²) in [7, 11) is 0. The zero-order valence-corrected chi connectivity index (χ0v) is 12.1. The molecule has 0 fully saturated rings. The van der Waals surface area contributed by atoms with Gasteiger partial charge in [0.1, 0.15) is 0 Å². The van der Waals surface area contributed by atoms with Crippen LogP contribution in [-0.2, 0) is 6.54 Å². The number of nitrogens with zero attached hydrogens (tertiary/aromatic N) is 1. The number of halogens is 1. The number of guanidine groups is 1. The topological polar surface area (TPSA) is 56.7 Å². The van der Waals surface area contributed by atoms with E-state index in [4.69, 9.17) is 0 Å². The van der Waals surface area contributed by atoms with Crippen molar-refractivity contribution < 1.29 is 5.11 Å². The van der Waals surface area contributed by atoms with Crippen LogP contribution in [0.1, 0.15) is 12.5 Å². The van der Waals surface area contributed by atoms with Crippen LogP contribution in [-0.4, -0.2) is 29.8 Å². The van der Waals surface area contributed by atoms with Gasteiger partial charge in [0.25, 0.3) is 0 Å². The van der Waals surface area contributed by atoms with E-state index >= 15 is 0 Å². The summed E-state index contributed by atoms with van der Waals surface area (Å²) < 4.78 is 0. The van der Waals surface area contributed by atoms with Crippen LogP contribution in [0.5, 0.6) is 0 Å². The van der Waals surface area contributed by atoms with E-state index in [0.717, 1.165) is 12.5 Å². The van der Waals surface area contributed by atoms with Crippen molar-refractivity contribution in [3.05, 3.63) is 35.9 Å². The summed E-state index contributed by atoms with van der Waals surface area (Å²) in [6.07, 6.45) is -0.375. The van der Waals surface area contributed by atoms with Crippen molar-refractivity contribution in [3.63, 3.8) is 0 Å². The minimum Gasteiger partial charge on any atom is -0.391 e. The molecule has 0 bridgehead atoms. The Balaban J connectivity index is 0.00000144. The lowest BCUT2D eigenvalue weighted by atomic mass is 10.2.